The summed E-state index contributed by atoms with van der Waals surface area (Å²) in [5.41, 5.74) is 2.79. The summed E-state index contributed by atoms with van der Waals surface area (Å²) in [6.45, 7) is 0. The summed E-state index contributed by atoms with van der Waals surface area (Å²) in [6.07, 6.45) is 4.51. The van der Waals surface area contributed by atoms with Crippen LogP contribution in [0.4, 0.5) is 0 Å². The molecule has 0 spiro atoms. The fraction of sp³-hybridized carbons (Fsp3) is 0.133. The molecule has 5 rings (SSSR count). The smallest absolute Gasteiger partial charge is 0.322 e. The van der Waals surface area contributed by atoms with E-state index in [1.807, 2.05) is 30.3 Å². The quantitative estimate of drug-likeness (QED) is 0.286. The molecule has 1 aliphatic rings. The van der Waals surface area contributed by atoms with Crippen molar-refractivity contribution in [1.29, 1.82) is 0 Å². The van der Waals surface area contributed by atoms with Crippen LogP contribution < -0.4 is 10.0 Å². The van der Waals surface area contributed by atoms with Crippen molar-refractivity contribution in [3.63, 3.8) is 0 Å². The van der Waals surface area contributed by atoms with Crippen LogP contribution in [-0.4, -0.2) is 36.3 Å². The van der Waals surface area contributed by atoms with Gasteiger partial charge in [-0.15, -0.1) is 0 Å². The van der Waals surface area contributed by atoms with Gasteiger partial charge in [-0.25, -0.2) is 8.42 Å². The molecular weight excluding hydrogens is 516 g/mol. The number of carboxylic acids is 1. The van der Waals surface area contributed by atoms with Gasteiger partial charge in [0, 0.05) is 11.8 Å². The summed E-state index contributed by atoms with van der Waals surface area (Å²) in [6, 6.07) is 25.3. The van der Waals surface area contributed by atoms with Crippen LogP contribution in [0.3, 0.4) is 0 Å². The van der Waals surface area contributed by atoms with Gasteiger partial charge in [0.05, 0.1) is 0 Å². The highest BCUT2D eigenvalue weighted by Crippen LogP contribution is 2.32. The van der Waals surface area contributed by atoms with E-state index < -0.39 is 32.8 Å². The molecule has 0 saturated heterocycles. The lowest BCUT2D eigenvalue weighted by molar-refractivity contribution is -0.138. The van der Waals surface area contributed by atoms with Crippen LogP contribution in [-0.2, 0) is 21.2 Å². The number of carbonyl (C=O) groups is 2. The first-order valence-electron chi connectivity index (χ1n) is 12.3. The highest BCUT2D eigenvalue weighted by molar-refractivity contribution is 7.91. The lowest BCUT2D eigenvalue weighted by atomic mass is 9.96. The van der Waals surface area contributed by atoms with Crippen LogP contribution >= 0.6 is 0 Å². The highest BCUT2D eigenvalue weighted by Gasteiger charge is 2.46. The molecule has 1 unspecified atom stereocenters. The Balaban J connectivity index is 1.48. The van der Waals surface area contributed by atoms with Crippen LogP contribution in [0.25, 0.3) is 16.5 Å². The minimum atomic E-state index is -4.48. The van der Waals surface area contributed by atoms with Gasteiger partial charge in [-0.05, 0) is 41.3 Å². The summed E-state index contributed by atoms with van der Waals surface area (Å²) < 4.78 is 35.8. The Bertz CT molecular complexity index is 1640. The van der Waals surface area contributed by atoms with Crippen molar-refractivity contribution in [2.45, 2.75) is 23.8 Å². The Morgan fingerprint density at radius 1 is 0.949 bits per heavy atom. The summed E-state index contributed by atoms with van der Waals surface area (Å²) in [4.78, 5) is 23.5. The molecule has 8 nitrogen and oxygen atoms in total. The molecule has 3 N–H and O–H groups in total. The van der Waals surface area contributed by atoms with Gasteiger partial charge in [0.2, 0.25) is 10.0 Å². The number of hydrogen-bond acceptors (Lipinski definition) is 5. The van der Waals surface area contributed by atoms with Gasteiger partial charge in [0.25, 0.3) is 5.91 Å². The molecule has 39 heavy (non-hydrogen) atoms. The van der Waals surface area contributed by atoms with Crippen LogP contribution in [0.1, 0.15) is 28.1 Å². The first kappa shape index (κ1) is 26.1. The first-order valence-corrected chi connectivity index (χ1v) is 13.8. The van der Waals surface area contributed by atoms with E-state index in [2.05, 4.69) is 10.0 Å². The summed E-state index contributed by atoms with van der Waals surface area (Å²) in [7, 11) is -4.48. The molecule has 1 aromatic heterocycles. The molecule has 9 heteroatoms. The highest BCUT2D eigenvalue weighted by atomic mass is 32.2. The third kappa shape index (κ3) is 5.55. The number of furan rings is 1. The lowest BCUT2D eigenvalue weighted by Crippen LogP contribution is -2.60. The number of benzene rings is 3. The number of para-hydroxylation sites is 1. The van der Waals surface area contributed by atoms with Crippen LogP contribution in [0.5, 0.6) is 0 Å². The fourth-order valence-electron chi connectivity index (χ4n) is 4.50. The Morgan fingerprint density at radius 2 is 1.62 bits per heavy atom. The summed E-state index contributed by atoms with van der Waals surface area (Å²) in [5.74, 6) is -2.13. The number of sulfonamides is 1. The van der Waals surface area contributed by atoms with Gasteiger partial charge >= 0.3 is 5.97 Å². The third-order valence-corrected chi connectivity index (χ3v) is 8.56. The molecular formula is C30H26N2O6S. The van der Waals surface area contributed by atoms with E-state index in [1.54, 1.807) is 66.7 Å². The number of aliphatic carboxylic acids is 1. The number of rotatable bonds is 9. The zero-order valence-electron chi connectivity index (χ0n) is 20.8. The molecule has 0 radical (unpaired) electrons. The van der Waals surface area contributed by atoms with E-state index in [0.717, 1.165) is 11.1 Å². The second kappa shape index (κ2) is 10.7. The topological polar surface area (TPSA) is 126 Å². The second-order valence-corrected chi connectivity index (χ2v) is 11.2. The van der Waals surface area contributed by atoms with Gasteiger partial charge in [-0.1, -0.05) is 91.0 Å². The minimum Gasteiger partial charge on any atom is -0.480 e. The second-order valence-electron chi connectivity index (χ2n) is 9.26. The molecule has 198 valence electrons. The maximum atomic E-state index is 13.9. The average Bonchev–Trinajstić information content (AvgIpc) is 3.39. The van der Waals surface area contributed by atoms with Gasteiger partial charge in [0.1, 0.15) is 11.6 Å². The summed E-state index contributed by atoms with van der Waals surface area (Å²) in [5, 5.41) is 13.2. The van der Waals surface area contributed by atoms with Crippen molar-refractivity contribution in [2.24, 2.45) is 0 Å². The van der Waals surface area contributed by atoms with E-state index in [-0.39, 0.29) is 18.6 Å². The molecule has 2 atom stereocenters. The molecule has 3 aromatic carbocycles. The van der Waals surface area contributed by atoms with Crippen molar-refractivity contribution in [2.75, 3.05) is 0 Å². The van der Waals surface area contributed by atoms with Crippen molar-refractivity contribution < 1.29 is 27.5 Å². The molecule has 0 fully saturated rings. The lowest BCUT2D eigenvalue weighted by Gasteiger charge is -2.33. The number of carbonyl (C=O) groups excluding carboxylic acids is 1. The largest absolute Gasteiger partial charge is 0.480 e. The fourth-order valence-corrected chi connectivity index (χ4v) is 6.04. The van der Waals surface area contributed by atoms with Crippen molar-refractivity contribution in [3.05, 3.63) is 126 Å². The Labute approximate surface area is 225 Å². The maximum absolute atomic E-state index is 13.9. The van der Waals surface area contributed by atoms with Crippen LogP contribution in [0, 0.1) is 0 Å². The Kier molecular flexibility index (Phi) is 7.19. The van der Waals surface area contributed by atoms with E-state index in [4.69, 9.17) is 4.42 Å². The number of amides is 1. The number of hydrogen-bond donors (Lipinski definition) is 3. The molecule has 0 saturated carbocycles. The number of carboxylic acid groups (broad SMARTS) is 1. The molecule has 1 amide bonds. The van der Waals surface area contributed by atoms with Gasteiger partial charge in [0.15, 0.2) is 10.6 Å². The Hall–Kier alpha value is -4.47. The van der Waals surface area contributed by atoms with Crippen LogP contribution in [0.2, 0.25) is 0 Å². The van der Waals surface area contributed by atoms with Crippen molar-refractivity contribution in [3.8, 4) is 0 Å². The standard InChI is InChI=1S/C30H26N2O6S/c33-28(27-20-24-13-7-8-14-26(24)38-27)31-30(17-15-23(16-18-30)22-11-5-2-6-12-22)39(36,37)32-25(29(34)35)19-21-9-3-1-4-10-21/h1-17,20,25,32H,18-19H2,(H,31,33)(H,34,35)/t25-,30?/m1/s1. The molecule has 1 heterocycles. The van der Waals surface area contributed by atoms with Crippen LogP contribution in [0.15, 0.2) is 114 Å². The van der Waals surface area contributed by atoms with E-state index in [9.17, 15) is 23.1 Å². The molecule has 0 bridgehead atoms. The summed E-state index contributed by atoms with van der Waals surface area (Å²) >= 11 is 0. The average molecular weight is 543 g/mol. The zero-order valence-corrected chi connectivity index (χ0v) is 21.6. The predicted molar refractivity (Wildman–Crippen MR) is 148 cm³/mol. The number of fused-ring (bicyclic) bond motifs is 1. The normalized spacial score (nSPS) is 17.9. The van der Waals surface area contributed by atoms with Gasteiger partial charge in [-0.3, -0.25) is 9.59 Å². The maximum Gasteiger partial charge on any atom is 0.322 e. The number of allylic oxidation sites excluding steroid dienone is 2. The SMILES string of the molecule is O=C(NC1(S(=O)(=O)N[C@H](Cc2ccccc2)C(=O)O)C=CC(c2ccccc2)=CC1)c1cc2ccccc2o1. The zero-order chi connectivity index (χ0) is 27.5. The minimum absolute atomic E-state index is 0.0592. The van der Waals surface area contributed by atoms with E-state index in [1.165, 1.54) is 12.1 Å². The van der Waals surface area contributed by atoms with Crippen molar-refractivity contribution in [1.82, 2.24) is 10.0 Å². The van der Waals surface area contributed by atoms with Crippen molar-refractivity contribution >= 4 is 38.4 Å². The number of nitrogens with one attached hydrogen (secondary N) is 2. The third-order valence-electron chi connectivity index (χ3n) is 6.60. The predicted octanol–water partition coefficient (Wildman–Crippen LogP) is 4.52. The van der Waals surface area contributed by atoms with Gasteiger partial charge in [-0.2, -0.15) is 4.72 Å². The molecule has 0 aliphatic heterocycles. The first-order chi connectivity index (χ1) is 18.8. The Morgan fingerprint density at radius 3 is 2.26 bits per heavy atom. The van der Waals surface area contributed by atoms with E-state index >= 15 is 0 Å². The van der Waals surface area contributed by atoms with E-state index in [0.29, 0.717) is 16.5 Å². The monoisotopic (exact) mass is 542 g/mol. The van der Waals surface area contributed by atoms with Gasteiger partial charge < -0.3 is 14.8 Å². The molecule has 1 aliphatic carbocycles. The molecule has 4 aromatic rings.